The van der Waals surface area contributed by atoms with Crippen molar-refractivity contribution in [2.45, 2.75) is 6.54 Å². The monoisotopic (exact) mass is 395 g/mol. The van der Waals surface area contributed by atoms with Gasteiger partial charge < -0.3 is 25.5 Å². The molecule has 0 aliphatic rings. The Morgan fingerprint density at radius 2 is 1.68 bits per heavy atom. The van der Waals surface area contributed by atoms with Gasteiger partial charge in [0.25, 0.3) is 5.91 Å². The van der Waals surface area contributed by atoms with E-state index < -0.39 is 5.97 Å². The number of rotatable bonds is 6. The number of hydrogen-bond acceptors (Lipinski definition) is 4. The summed E-state index contributed by atoms with van der Waals surface area (Å²) < 4.78 is 5.05. The second kappa shape index (κ2) is 8.83. The summed E-state index contributed by atoms with van der Waals surface area (Å²) in [4.78, 5) is 22.9. The highest BCUT2D eigenvalue weighted by Crippen LogP contribution is 2.15. The van der Waals surface area contributed by atoms with Gasteiger partial charge in [0.2, 0.25) is 0 Å². The van der Waals surface area contributed by atoms with E-state index in [2.05, 4.69) is 16.0 Å². The summed E-state index contributed by atoms with van der Waals surface area (Å²) in [6, 6.07) is 16.9. The average molecular weight is 395 g/mol. The van der Waals surface area contributed by atoms with Gasteiger partial charge in [-0.1, -0.05) is 12.1 Å². The van der Waals surface area contributed by atoms with Crippen LogP contribution in [-0.4, -0.2) is 22.1 Å². The van der Waals surface area contributed by atoms with Gasteiger partial charge in [-0.15, -0.1) is 0 Å². The van der Waals surface area contributed by atoms with Crippen molar-refractivity contribution >= 4 is 40.6 Å². The van der Waals surface area contributed by atoms with E-state index >= 15 is 0 Å². The van der Waals surface area contributed by atoms with E-state index in [1.54, 1.807) is 48.5 Å². The highest BCUT2D eigenvalue weighted by atomic mass is 32.1. The minimum absolute atomic E-state index is 0.227. The molecule has 0 unspecified atom stereocenters. The smallest absolute Gasteiger partial charge is 0.335 e. The molecule has 0 saturated heterocycles. The molecule has 28 heavy (non-hydrogen) atoms. The predicted octanol–water partition coefficient (Wildman–Crippen LogP) is 3.72. The fraction of sp³-hybridized carbons (Fsp3) is 0.0500. The predicted molar refractivity (Wildman–Crippen MR) is 110 cm³/mol. The van der Waals surface area contributed by atoms with Gasteiger partial charge in [-0.05, 0) is 66.3 Å². The molecule has 0 aliphatic heterocycles. The zero-order valence-corrected chi connectivity index (χ0v) is 15.5. The molecule has 0 atom stereocenters. The lowest BCUT2D eigenvalue weighted by Crippen LogP contribution is -2.27. The lowest BCUT2D eigenvalue weighted by atomic mass is 10.1. The van der Waals surface area contributed by atoms with E-state index in [1.807, 2.05) is 6.07 Å². The lowest BCUT2D eigenvalue weighted by molar-refractivity contribution is 0.0696. The molecular formula is C20H17N3O4S. The van der Waals surface area contributed by atoms with Crippen LogP contribution < -0.4 is 16.0 Å². The SMILES string of the molecule is O=C(O)c1cccc(CNC(=S)Nc2ccc(NC(=O)c3ccco3)cc2)c1. The van der Waals surface area contributed by atoms with Crippen molar-refractivity contribution in [3.05, 3.63) is 83.8 Å². The number of amides is 1. The zero-order chi connectivity index (χ0) is 19.9. The van der Waals surface area contributed by atoms with E-state index in [0.717, 1.165) is 11.3 Å². The van der Waals surface area contributed by atoms with E-state index in [9.17, 15) is 9.59 Å². The molecule has 3 aromatic rings. The highest BCUT2D eigenvalue weighted by Gasteiger charge is 2.08. The Hall–Kier alpha value is -3.65. The van der Waals surface area contributed by atoms with Crippen LogP contribution in [0.25, 0.3) is 0 Å². The molecule has 0 spiro atoms. The Morgan fingerprint density at radius 1 is 0.964 bits per heavy atom. The van der Waals surface area contributed by atoms with Crippen LogP contribution in [0.15, 0.2) is 71.3 Å². The Balaban J connectivity index is 1.51. The fourth-order valence-corrected chi connectivity index (χ4v) is 2.60. The summed E-state index contributed by atoms with van der Waals surface area (Å²) in [5, 5.41) is 18.2. The van der Waals surface area contributed by atoms with Gasteiger partial charge in [0.1, 0.15) is 0 Å². The van der Waals surface area contributed by atoms with Crippen LogP contribution in [-0.2, 0) is 6.54 Å². The molecule has 0 saturated carbocycles. The summed E-state index contributed by atoms with van der Waals surface area (Å²) in [7, 11) is 0. The molecule has 1 aromatic heterocycles. The first-order valence-electron chi connectivity index (χ1n) is 8.33. The quantitative estimate of drug-likeness (QED) is 0.472. The number of thiocarbonyl (C=S) groups is 1. The van der Waals surface area contributed by atoms with Gasteiger partial charge in [-0.25, -0.2) is 4.79 Å². The van der Waals surface area contributed by atoms with Crippen LogP contribution in [0, 0.1) is 0 Å². The van der Waals surface area contributed by atoms with Crippen molar-refractivity contribution in [2.24, 2.45) is 0 Å². The van der Waals surface area contributed by atoms with Crippen LogP contribution in [0.2, 0.25) is 0 Å². The molecule has 8 heteroatoms. The molecule has 3 rings (SSSR count). The Labute approximate surface area is 166 Å². The second-order valence-electron chi connectivity index (χ2n) is 5.82. The molecule has 2 aromatic carbocycles. The average Bonchev–Trinajstić information content (AvgIpc) is 3.23. The number of nitrogens with one attached hydrogen (secondary N) is 3. The number of benzene rings is 2. The first-order chi connectivity index (χ1) is 13.5. The minimum Gasteiger partial charge on any atom is -0.478 e. The van der Waals surface area contributed by atoms with Gasteiger partial charge in [0, 0.05) is 17.9 Å². The standard InChI is InChI=1S/C20H17N3O4S/c24-18(17-5-2-10-27-17)22-15-6-8-16(9-7-15)23-20(28)21-12-13-3-1-4-14(11-13)19(25)26/h1-11H,12H2,(H,22,24)(H,25,26)(H2,21,23,28). The summed E-state index contributed by atoms with van der Waals surface area (Å²) in [6.45, 7) is 0.393. The number of carbonyl (C=O) groups is 2. The summed E-state index contributed by atoms with van der Waals surface area (Å²) >= 11 is 5.26. The topological polar surface area (TPSA) is 104 Å². The van der Waals surface area contributed by atoms with Crippen molar-refractivity contribution in [2.75, 3.05) is 10.6 Å². The van der Waals surface area contributed by atoms with Crippen molar-refractivity contribution in [1.29, 1.82) is 0 Å². The third-order valence-corrected chi connectivity index (χ3v) is 4.02. The van der Waals surface area contributed by atoms with Gasteiger partial charge in [0.15, 0.2) is 10.9 Å². The molecule has 1 amide bonds. The normalized spacial score (nSPS) is 10.1. The van der Waals surface area contributed by atoms with Crippen molar-refractivity contribution < 1.29 is 19.1 Å². The van der Waals surface area contributed by atoms with Crippen LogP contribution in [0.4, 0.5) is 11.4 Å². The molecule has 142 valence electrons. The van der Waals surface area contributed by atoms with Crippen molar-refractivity contribution in [3.8, 4) is 0 Å². The minimum atomic E-state index is -0.971. The molecule has 0 bridgehead atoms. The first kappa shape index (κ1) is 19.1. The molecule has 0 fully saturated rings. The van der Waals surface area contributed by atoms with Crippen LogP contribution in [0.5, 0.6) is 0 Å². The summed E-state index contributed by atoms with van der Waals surface area (Å²) in [6.07, 6.45) is 1.44. The molecule has 1 heterocycles. The maximum atomic E-state index is 11.9. The van der Waals surface area contributed by atoms with Gasteiger partial charge in [0.05, 0.1) is 11.8 Å². The van der Waals surface area contributed by atoms with E-state index in [4.69, 9.17) is 21.7 Å². The maximum absolute atomic E-state index is 11.9. The zero-order valence-electron chi connectivity index (χ0n) is 14.6. The summed E-state index contributed by atoms with van der Waals surface area (Å²) in [5.41, 5.74) is 2.40. The number of anilines is 2. The molecular weight excluding hydrogens is 378 g/mol. The fourth-order valence-electron chi connectivity index (χ4n) is 2.41. The van der Waals surface area contributed by atoms with Crippen LogP contribution in [0.1, 0.15) is 26.5 Å². The number of carboxylic acids is 1. The van der Waals surface area contributed by atoms with Crippen molar-refractivity contribution in [1.82, 2.24) is 5.32 Å². The van der Waals surface area contributed by atoms with Gasteiger partial charge in [-0.2, -0.15) is 0 Å². The third-order valence-electron chi connectivity index (χ3n) is 3.77. The largest absolute Gasteiger partial charge is 0.478 e. The lowest BCUT2D eigenvalue weighted by Gasteiger charge is -2.11. The Kier molecular flexibility index (Phi) is 6.03. The molecule has 0 aliphatic carbocycles. The second-order valence-corrected chi connectivity index (χ2v) is 6.23. The number of carbonyl (C=O) groups excluding carboxylic acids is 1. The van der Waals surface area contributed by atoms with Gasteiger partial charge >= 0.3 is 5.97 Å². The number of carboxylic acid groups (broad SMARTS) is 1. The first-order valence-corrected chi connectivity index (χ1v) is 8.74. The number of aromatic carboxylic acids is 1. The molecule has 0 radical (unpaired) electrons. The number of furan rings is 1. The third kappa shape index (κ3) is 5.18. The van der Waals surface area contributed by atoms with E-state index in [0.29, 0.717) is 17.3 Å². The highest BCUT2D eigenvalue weighted by molar-refractivity contribution is 7.80. The number of hydrogen-bond donors (Lipinski definition) is 4. The molecule has 4 N–H and O–H groups in total. The Bertz CT molecular complexity index is 985. The van der Waals surface area contributed by atoms with Crippen LogP contribution in [0.3, 0.4) is 0 Å². The van der Waals surface area contributed by atoms with E-state index in [1.165, 1.54) is 12.3 Å². The Morgan fingerprint density at radius 3 is 2.32 bits per heavy atom. The maximum Gasteiger partial charge on any atom is 0.335 e. The van der Waals surface area contributed by atoms with E-state index in [-0.39, 0.29) is 17.2 Å². The molecule has 7 nitrogen and oxygen atoms in total. The van der Waals surface area contributed by atoms with Crippen LogP contribution >= 0.6 is 12.2 Å². The summed E-state index contributed by atoms with van der Waals surface area (Å²) in [5.74, 6) is -1.06. The van der Waals surface area contributed by atoms with Gasteiger partial charge in [-0.3, -0.25) is 4.79 Å². The van der Waals surface area contributed by atoms with Crippen molar-refractivity contribution in [3.63, 3.8) is 0 Å².